The van der Waals surface area contributed by atoms with Crippen molar-refractivity contribution in [2.24, 2.45) is 10.7 Å². The first-order valence-electron chi connectivity index (χ1n) is 12.5. The van der Waals surface area contributed by atoms with Crippen LogP contribution in [0.1, 0.15) is 77.8 Å². The second-order valence-corrected chi connectivity index (χ2v) is 11.5. The highest BCUT2D eigenvalue weighted by atomic mass is 32.3. The zero-order valence-electron chi connectivity index (χ0n) is 21.8. The molecule has 1 aromatic carbocycles. The van der Waals surface area contributed by atoms with Gasteiger partial charge in [0.1, 0.15) is 0 Å². The van der Waals surface area contributed by atoms with Gasteiger partial charge in [-0.25, -0.2) is 0 Å². The minimum atomic E-state index is -1.29. The third kappa shape index (κ3) is 9.48. The first-order valence-corrected chi connectivity index (χ1v) is 14.7. The van der Waals surface area contributed by atoms with E-state index < -0.39 is 10.2 Å². The van der Waals surface area contributed by atoms with E-state index in [9.17, 15) is 0 Å². The lowest BCUT2D eigenvalue weighted by Gasteiger charge is -2.42. The average Bonchev–Trinajstić information content (AvgIpc) is 2.83. The maximum atomic E-state index is 6.15. The first kappa shape index (κ1) is 29.2. The van der Waals surface area contributed by atoms with Crippen LogP contribution in [0.3, 0.4) is 0 Å². The lowest BCUT2D eigenvalue weighted by molar-refractivity contribution is 0.379. The first-order chi connectivity index (χ1) is 16.0. The molecule has 1 fully saturated rings. The van der Waals surface area contributed by atoms with Gasteiger partial charge in [0.05, 0.1) is 5.03 Å². The molecule has 33 heavy (non-hydrogen) atoms. The molecule has 4 heteroatoms. The molecule has 0 heterocycles. The molecule has 1 atom stereocenters. The number of allylic oxidation sites excluding steroid dienone is 6. The van der Waals surface area contributed by atoms with Gasteiger partial charge in [-0.2, -0.15) is 0 Å². The topological polar surface area (TPSA) is 50.4 Å². The van der Waals surface area contributed by atoms with Crippen molar-refractivity contribution < 1.29 is 0 Å². The number of benzene rings is 1. The Kier molecular flexibility index (Phi) is 14.0. The molecule has 3 nitrogen and oxygen atoms in total. The molecule has 0 bridgehead atoms. The van der Waals surface area contributed by atoms with Crippen LogP contribution in [0.5, 0.6) is 0 Å². The van der Waals surface area contributed by atoms with Crippen LogP contribution >= 0.6 is 10.2 Å². The predicted molar refractivity (Wildman–Crippen MR) is 154 cm³/mol. The van der Waals surface area contributed by atoms with E-state index >= 15 is 0 Å². The summed E-state index contributed by atoms with van der Waals surface area (Å²) in [4.78, 5) is 4.86. The summed E-state index contributed by atoms with van der Waals surface area (Å²) in [7, 11) is -1.29. The Labute approximate surface area is 205 Å². The van der Waals surface area contributed by atoms with Crippen LogP contribution in [0.4, 0.5) is 0 Å². The van der Waals surface area contributed by atoms with Gasteiger partial charge in [0, 0.05) is 24.1 Å². The summed E-state index contributed by atoms with van der Waals surface area (Å²) in [5.74, 6) is 0.976. The Balaban J connectivity index is 0.00000265. The van der Waals surface area contributed by atoms with Crippen LogP contribution in [0.2, 0.25) is 0 Å². The summed E-state index contributed by atoms with van der Waals surface area (Å²) in [5, 5.41) is 1.19. The number of rotatable bonds is 10. The highest BCUT2D eigenvalue weighted by Crippen LogP contribution is 2.53. The minimum Gasteiger partial charge on any atom is -0.328 e. The Hall–Kier alpha value is -1.88. The molecule has 0 aliphatic heterocycles. The van der Waals surface area contributed by atoms with E-state index in [4.69, 9.17) is 10.7 Å². The standard InChI is InChI=1S/C27H41N3S.C2H6/c1-6-10-11-23(8-3)24-14-12-22(13-15-24)21-31(5,27(9-4)29-20-7-2)30-26-18-16-25(28)17-19-26;1-2/h6,8-15,20,25-26,30H,1,7,16-19,21,28H2,2-5H3;1-2H3/b11-10-,23-8+,27-9+,29-20-;. The maximum absolute atomic E-state index is 6.15. The van der Waals surface area contributed by atoms with E-state index in [2.05, 4.69) is 80.8 Å². The van der Waals surface area contributed by atoms with E-state index in [-0.39, 0.29) is 0 Å². The van der Waals surface area contributed by atoms with Gasteiger partial charge < -0.3 is 5.73 Å². The van der Waals surface area contributed by atoms with Gasteiger partial charge in [0.15, 0.2) is 0 Å². The molecule has 184 valence electrons. The van der Waals surface area contributed by atoms with Gasteiger partial charge >= 0.3 is 0 Å². The zero-order chi connectivity index (χ0) is 24.7. The molecule has 1 aliphatic carbocycles. The highest BCUT2D eigenvalue weighted by molar-refractivity contribution is 8.34. The van der Waals surface area contributed by atoms with Gasteiger partial charge in [0.2, 0.25) is 0 Å². The molecular formula is C29H47N3S. The van der Waals surface area contributed by atoms with Crippen molar-refractivity contribution in [3.05, 3.63) is 77.4 Å². The molecule has 0 aromatic heterocycles. The van der Waals surface area contributed by atoms with Crippen molar-refractivity contribution in [2.75, 3.05) is 6.26 Å². The van der Waals surface area contributed by atoms with E-state index in [1.807, 2.05) is 32.2 Å². The minimum absolute atomic E-state index is 0.363. The number of nitrogens with zero attached hydrogens (tertiary/aromatic N) is 1. The predicted octanol–water partition coefficient (Wildman–Crippen LogP) is 7.91. The third-order valence-corrected chi connectivity index (χ3v) is 8.80. The number of aliphatic imine (C=N–C) groups is 1. The fourth-order valence-electron chi connectivity index (χ4n) is 4.07. The fourth-order valence-corrected chi connectivity index (χ4v) is 7.08. The Morgan fingerprint density at radius 1 is 1.12 bits per heavy atom. The summed E-state index contributed by atoms with van der Waals surface area (Å²) in [6.07, 6.45) is 20.1. The SMILES string of the molecule is C=C/C=C\C(=C/C)c1ccc(CS(C)(NC2CCC(N)CC2)C(=C/C)/N=C\CC)cc1.CC. The molecular weight excluding hydrogens is 422 g/mol. The van der Waals surface area contributed by atoms with Crippen molar-refractivity contribution in [1.82, 2.24) is 4.72 Å². The van der Waals surface area contributed by atoms with Gasteiger partial charge in [-0.1, -0.05) is 82.0 Å². The van der Waals surface area contributed by atoms with Crippen LogP contribution in [0, 0.1) is 0 Å². The van der Waals surface area contributed by atoms with Crippen molar-refractivity contribution in [1.29, 1.82) is 0 Å². The van der Waals surface area contributed by atoms with Crippen LogP contribution in [0.15, 0.2) is 71.2 Å². The normalized spacial score (nSPS) is 22.5. The van der Waals surface area contributed by atoms with Gasteiger partial charge in [-0.15, -0.1) is 10.2 Å². The van der Waals surface area contributed by atoms with Crippen LogP contribution in [-0.2, 0) is 5.75 Å². The maximum Gasteiger partial charge on any atom is 0.0864 e. The van der Waals surface area contributed by atoms with Crippen molar-refractivity contribution in [3.8, 4) is 0 Å². The summed E-state index contributed by atoms with van der Waals surface area (Å²) >= 11 is 0. The average molecular weight is 470 g/mol. The molecule has 3 N–H and O–H groups in total. The van der Waals surface area contributed by atoms with Gasteiger partial charge in [-0.3, -0.25) is 9.71 Å². The second-order valence-electron chi connectivity index (χ2n) is 8.34. The number of nitrogens with two attached hydrogens (primary N) is 1. The lowest BCUT2D eigenvalue weighted by atomic mass is 9.93. The van der Waals surface area contributed by atoms with E-state index in [0.717, 1.165) is 37.9 Å². The van der Waals surface area contributed by atoms with Crippen LogP contribution < -0.4 is 10.5 Å². The summed E-state index contributed by atoms with van der Waals surface area (Å²) in [6.45, 7) is 14.1. The molecule has 1 aromatic rings. The monoisotopic (exact) mass is 469 g/mol. The molecule has 0 saturated heterocycles. The Morgan fingerprint density at radius 3 is 2.27 bits per heavy atom. The lowest BCUT2D eigenvalue weighted by Crippen LogP contribution is -2.39. The van der Waals surface area contributed by atoms with Gasteiger partial charge in [-0.05, 0) is 68.9 Å². The van der Waals surface area contributed by atoms with Crippen LogP contribution in [0.25, 0.3) is 5.57 Å². The molecule has 0 radical (unpaired) electrons. The van der Waals surface area contributed by atoms with E-state index in [1.165, 1.54) is 21.7 Å². The van der Waals surface area contributed by atoms with Crippen molar-refractivity contribution in [3.63, 3.8) is 0 Å². The number of hydrogen-bond donors (Lipinski definition) is 2. The van der Waals surface area contributed by atoms with Crippen LogP contribution in [-0.4, -0.2) is 24.6 Å². The summed E-state index contributed by atoms with van der Waals surface area (Å²) in [5.41, 5.74) is 9.92. The van der Waals surface area contributed by atoms with E-state index in [0.29, 0.717) is 12.1 Å². The molecule has 0 spiro atoms. The Morgan fingerprint density at radius 2 is 1.76 bits per heavy atom. The largest absolute Gasteiger partial charge is 0.328 e. The smallest absolute Gasteiger partial charge is 0.0864 e. The summed E-state index contributed by atoms with van der Waals surface area (Å²) in [6, 6.07) is 9.86. The number of nitrogens with one attached hydrogen (secondary N) is 1. The second kappa shape index (κ2) is 15.9. The number of hydrogen-bond acceptors (Lipinski definition) is 3. The molecule has 1 saturated carbocycles. The third-order valence-electron chi connectivity index (χ3n) is 5.77. The van der Waals surface area contributed by atoms with E-state index in [1.54, 1.807) is 0 Å². The fraction of sp³-hybridized carbons (Fsp3) is 0.483. The molecule has 1 aliphatic rings. The molecule has 0 amide bonds. The summed E-state index contributed by atoms with van der Waals surface area (Å²) < 4.78 is 4.05. The van der Waals surface area contributed by atoms with Gasteiger partial charge in [0.25, 0.3) is 0 Å². The quantitative estimate of drug-likeness (QED) is 0.270. The van der Waals surface area contributed by atoms with Crippen molar-refractivity contribution in [2.45, 2.75) is 84.6 Å². The van der Waals surface area contributed by atoms with Crippen molar-refractivity contribution >= 4 is 22.0 Å². The zero-order valence-corrected chi connectivity index (χ0v) is 22.6. The highest BCUT2D eigenvalue weighted by Gasteiger charge is 2.28. The Bertz CT molecular complexity index is 812. The molecule has 2 rings (SSSR count). The molecule has 1 unspecified atom stereocenters.